The van der Waals surface area contributed by atoms with E-state index >= 15 is 0 Å². The van der Waals surface area contributed by atoms with E-state index < -0.39 is 0 Å². The van der Waals surface area contributed by atoms with Crippen molar-refractivity contribution in [1.82, 2.24) is 15.0 Å². The van der Waals surface area contributed by atoms with Gasteiger partial charge in [-0.25, -0.2) is 4.68 Å². The van der Waals surface area contributed by atoms with E-state index in [1.54, 1.807) is 0 Å². The molecule has 1 aliphatic rings. The monoisotopic (exact) mass is 234 g/mol. The number of aryl methyl sites for hydroxylation is 1. The molecule has 1 saturated carbocycles. The molecular formula is C12H18N4O. The molecule has 0 saturated heterocycles. The van der Waals surface area contributed by atoms with Crippen molar-refractivity contribution in [2.45, 2.75) is 51.0 Å². The van der Waals surface area contributed by atoms with Crippen LogP contribution < -0.4 is 0 Å². The lowest BCUT2D eigenvalue weighted by atomic mass is 9.86. The SMILES string of the molecule is N#Cc1nnn(CCCO)c1C1CCCCC1. The van der Waals surface area contributed by atoms with Crippen LogP contribution in [0.5, 0.6) is 0 Å². The molecule has 1 N–H and O–H groups in total. The van der Waals surface area contributed by atoms with Gasteiger partial charge in [-0.3, -0.25) is 0 Å². The molecule has 1 aromatic heterocycles. The van der Waals surface area contributed by atoms with Gasteiger partial charge < -0.3 is 5.11 Å². The highest BCUT2D eigenvalue weighted by Gasteiger charge is 2.24. The van der Waals surface area contributed by atoms with Gasteiger partial charge in [0.25, 0.3) is 0 Å². The van der Waals surface area contributed by atoms with Gasteiger partial charge in [0.05, 0.1) is 5.69 Å². The van der Waals surface area contributed by atoms with Crippen LogP contribution in [0.1, 0.15) is 55.8 Å². The summed E-state index contributed by atoms with van der Waals surface area (Å²) in [5, 5.41) is 25.9. The lowest BCUT2D eigenvalue weighted by Gasteiger charge is -2.22. The number of rotatable bonds is 4. The summed E-state index contributed by atoms with van der Waals surface area (Å²) >= 11 is 0. The average molecular weight is 234 g/mol. The second kappa shape index (κ2) is 5.78. The first-order valence-electron chi connectivity index (χ1n) is 6.31. The molecule has 1 fully saturated rings. The number of nitrogens with zero attached hydrogens (tertiary/aromatic N) is 4. The predicted octanol–water partition coefficient (Wildman–Crippen LogP) is 1.58. The highest BCUT2D eigenvalue weighted by Crippen LogP contribution is 2.33. The smallest absolute Gasteiger partial charge is 0.186 e. The second-order valence-electron chi connectivity index (χ2n) is 4.57. The summed E-state index contributed by atoms with van der Waals surface area (Å²) in [5.74, 6) is 0.423. The maximum atomic E-state index is 9.07. The van der Waals surface area contributed by atoms with Gasteiger partial charge in [-0.05, 0) is 19.3 Å². The zero-order valence-electron chi connectivity index (χ0n) is 9.97. The molecule has 0 spiro atoms. The van der Waals surface area contributed by atoms with Crippen molar-refractivity contribution in [1.29, 1.82) is 5.26 Å². The van der Waals surface area contributed by atoms with Crippen molar-refractivity contribution in [3.05, 3.63) is 11.4 Å². The van der Waals surface area contributed by atoms with Crippen molar-refractivity contribution in [3.63, 3.8) is 0 Å². The Balaban J connectivity index is 2.21. The van der Waals surface area contributed by atoms with Gasteiger partial charge in [-0.2, -0.15) is 5.26 Å². The number of aliphatic hydroxyl groups excluding tert-OH is 1. The van der Waals surface area contributed by atoms with E-state index in [1.165, 1.54) is 19.3 Å². The molecule has 1 aliphatic carbocycles. The van der Waals surface area contributed by atoms with Crippen molar-refractivity contribution in [3.8, 4) is 6.07 Å². The molecule has 0 bridgehead atoms. The number of hydrogen-bond acceptors (Lipinski definition) is 4. The van der Waals surface area contributed by atoms with E-state index in [2.05, 4.69) is 16.4 Å². The Bertz CT molecular complexity index is 401. The molecule has 1 heterocycles. The Labute approximate surface area is 101 Å². The van der Waals surface area contributed by atoms with E-state index in [0.29, 0.717) is 24.6 Å². The zero-order chi connectivity index (χ0) is 12.1. The molecule has 17 heavy (non-hydrogen) atoms. The number of aliphatic hydroxyl groups is 1. The second-order valence-corrected chi connectivity index (χ2v) is 4.57. The van der Waals surface area contributed by atoms with Crippen molar-refractivity contribution < 1.29 is 5.11 Å². The Morgan fingerprint density at radius 3 is 2.76 bits per heavy atom. The summed E-state index contributed by atoms with van der Waals surface area (Å²) in [6, 6.07) is 2.13. The summed E-state index contributed by atoms with van der Waals surface area (Å²) in [5.41, 5.74) is 1.45. The summed E-state index contributed by atoms with van der Waals surface area (Å²) in [6.45, 7) is 0.795. The van der Waals surface area contributed by atoms with E-state index in [4.69, 9.17) is 10.4 Å². The normalized spacial score (nSPS) is 16.9. The molecular weight excluding hydrogens is 216 g/mol. The molecule has 0 aliphatic heterocycles. The van der Waals surface area contributed by atoms with Crippen LogP contribution in [-0.4, -0.2) is 26.7 Å². The van der Waals surface area contributed by atoms with Crippen LogP contribution in [0.3, 0.4) is 0 Å². The topological polar surface area (TPSA) is 74.7 Å². The Morgan fingerprint density at radius 2 is 2.12 bits per heavy atom. The third-order valence-electron chi connectivity index (χ3n) is 3.40. The molecule has 5 nitrogen and oxygen atoms in total. The van der Waals surface area contributed by atoms with Gasteiger partial charge in [0.2, 0.25) is 0 Å². The lowest BCUT2D eigenvalue weighted by molar-refractivity contribution is 0.273. The van der Waals surface area contributed by atoms with Crippen molar-refractivity contribution in [2.24, 2.45) is 0 Å². The fourth-order valence-electron chi connectivity index (χ4n) is 2.57. The number of nitriles is 1. The quantitative estimate of drug-likeness (QED) is 0.858. The largest absolute Gasteiger partial charge is 0.396 e. The first-order chi connectivity index (χ1) is 8.36. The van der Waals surface area contributed by atoms with Gasteiger partial charge in [0, 0.05) is 19.1 Å². The van der Waals surface area contributed by atoms with Crippen LogP contribution >= 0.6 is 0 Å². The van der Waals surface area contributed by atoms with E-state index in [1.807, 2.05) is 4.68 Å². The summed E-state index contributed by atoms with van der Waals surface area (Å²) in [7, 11) is 0. The maximum absolute atomic E-state index is 9.07. The molecule has 5 heteroatoms. The van der Waals surface area contributed by atoms with Crippen LogP contribution in [0.2, 0.25) is 0 Å². The first-order valence-corrected chi connectivity index (χ1v) is 6.31. The van der Waals surface area contributed by atoms with Crippen LogP contribution in [0, 0.1) is 11.3 Å². The Morgan fingerprint density at radius 1 is 1.35 bits per heavy atom. The van der Waals surface area contributed by atoms with Crippen LogP contribution in [0.15, 0.2) is 0 Å². The standard InChI is InChI=1S/C12H18N4O/c13-9-11-12(10-5-2-1-3-6-10)16(15-14-11)7-4-8-17/h10,17H,1-8H2. The minimum atomic E-state index is 0.145. The molecule has 0 unspecified atom stereocenters. The van der Waals surface area contributed by atoms with Gasteiger partial charge >= 0.3 is 0 Å². The van der Waals surface area contributed by atoms with E-state index in [0.717, 1.165) is 18.5 Å². The van der Waals surface area contributed by atoms with Crippen LogP contribution in [0.4, 0.5) is 0 Å². The third kappa shape index (κ3) is 2.64. The van der Waals surface area contributed by atoms with Crippen LogP contribution in [-0.2, 0) is 6.54 Å². The average Bonchev–Trinajstić information content (AvgIpc) is 2.80. The predicted molar refractivity (Wildman–Crippen MR) is 62.3 cm³/mol. The lowest BCUT2D eigenvalue weighted by Crippen LogP contribution is -2.14. The van der Waals surface area contributed by atoms with Gasteiger partial charge in [0.1, 0.15) is 6.07 Å². The molecule has 92 valence electrons. The number of hydrogen-bond donors (Lipinski definition) is 1. The molecule has 2 rings (SSSR count). The van der Waals surface area contributed by atoms with Gasteiger partial charge in [0.15, 0.2) is 5.69 Å². The summed E-state index contributed by atoms with van der Waals surface area (Å²) in [4.78, 5) is 0. The first kappa shape index (κ1) is 12.1. The van der Waals surface area contributed by atoms with Gasteiger partial charge in [-0.1, -0.05) is 24.5 Å². The molecule has 0 amide bonds. The minimum Gasteiger partial charge on any atom is -0.396 e. The van der Waals surface area contributed by atoms with E-state index in [-0.39, 0.29) is 6.61 Å². The molecule has 0 radical (unpaired) electrons. The minimum absolute atomic E-state index is 0.145. The maximum Gasteiger partial charge on any atom is 0.186 e. The highest BCUT2D eigenvalue weighted by atomic mass is 16.3. The van der Waals surface area contributed by atoms with E-state index in [9.17, 15) is 0 Å². The van der Waals surface area contributed by atoms with Crippen molar-refractivity contribution in [2.75, 3.05) is 6.61 Å². The number of aromatic nitrogens is 3. The highest BCUT2D eigenvalue weighted by molar-refractivity contribution is 5.28. The van der Waals surface area contributed by atoms with Crippen LogP contribution in [0.25, 0.3) is 0 Å². The summed E-state index contributed by atoms with van der Waals surface area (Å²) < 4.78 is 1.81. The van der Waals surface area contributed by atoms with Gasteiger partial charge in [-0.15, -0.1) is 5.10 Å². The Kier molecular flexibility index (Phi) is 4.10. The zero-order valence-corrected chi connectivity index (χ0v) is 9.97. The molecule has 0 atom stereocenters. The third-order valence-corrected chi connectivity index (χ3v) is 3.40. The molecule has 1 aromatic rings. The fourth-order valence-corrected chi connectivity index (χ4v) is 2.57. The summed E-state index contributed by atoms with van der Waals surface area (Å²) in [6.07, 6.45) is 6.65. The molecule has 0 aromatic carbocycles. The fraction of sp³-hybridized carbons (Fsp3) is 0.750. The van der Waals surface area contributed by atoms with Crippen molar-refractivity contribution >= 4 is 0 Å². The Hall–Kier alpha value is -1.41.